The van der Waals surface area contributed by atoms with Crippen LogP contribution in [0.5, 0.6) is 0 Å². The van der Waals surface area contributed by atoms with E-state index in [2.05, 4.69) is 0 Å². The summed E-state index contributed by atoms with van der Waals surface area (Å²) < 4.78 is 47.4. The Kier molecular flexibility index (Phi) is 5.05. The molecule has 1 aromatic rings. The van der Waals surface area contributed by atoms with Crippen LogP contribution in [0.1, 0.15) is 41.6 Å². The van der Waals surface area contributed by atoms with E-state index < -0.39 is 17.7 Å². The van der Waals surface area contributed by atoms with Crippen molar-refractivity contribution in [3.63, 3.8) is 0 Å². The van der Waals surface area contributed by atoms with Gasteiger partial charge in [0.05, 0.1) is 11.1 Å². The maximum absolute atomic E-state index is 12.4. The van der Waals surface area contributed by atoms with Gasteiger partial charge in [0.1, 0.15) is 12.2 Å². The van der Waals surface area contributed by atoms with Gasteiger partial charge in [0.15, 0.2) is 0 Å². The van der Waals surface area contributed by atoms with E-state index in [0.29, 0.717) is 32.2 Å². The SMILES string of the molecule is O=COC1CCC(OC(=O)c2ccc(C(F)(F)F)cc2)CC1. The Morgan fingerprint density at radius 2 is 1.59 bits per heavy atom. The van der Waals surface area contributed by atoms with Crippen molar-refractivity contribution in [2.45, 2.75) is 44.1 Å². The molecule has 1 fully saturated rings. The van der Waals surface area contributed by atoms with Crippen LogP contribution >= 0.6 is 0 Å². The van der Waals surface area contributed by atoms with Gasteiger partial charge in [-0.15, -0.1) is 0 Å². The van der Waals surface area contributed by atoms with Gasteiger partial charge >= 0.3 is 12.1 Å². The molecule has 2 rings (SSSR count). The lowest BCUT2D eigenvalue weighted by molar-refractivity contribution is -0.137. The molecule has 22 heavy (non-hydrogen) atoms. The number of esters is 1. The number of hydrogen-bond acceptors (Lipinski definition) is 4. The molecule has 0 radical (unpaired) electrons. The van der Waals surface area contributed by atoms with Crippen molar-refractivity contribution in [2.75, 3.05) is 0 Å². The average Bonchev–Trinajstić information content (AvgIpc) is 2.49. The van der Waals surface area contributed by atoms with Crippen LogP contribution in [0.25, 0.3) is 0 Å². The Labute approximate surface area is 125 Å². The smallest absolute Gasteiger partial charge is 0.416 e. The van der Waals surface area contributed by atoms with Crippen LogP contribution in [0.15, 0.2) is 24.3 Å². The molecule has 0 atom stereocenters. The summed E-state index contributed by atoms with van der Waals surface area (Å²) in [7, 11) is 0. The van der Waals surface area contributed by atoms with Crippen LogP contribution in [0.4, 0.5) is 13.2 Å². The fourth-order valence-electron chi connectivity index (χ4n) is 2.38. The highest BCUT2D eigenvalue weighted by molar-refractivity contribution is 5.89. The van der Waals surface area contributed by atoms with Gasteiger partial charge in [0.2, 0.25) is 0 Å². The minimum absolute atomic E-state index is 0.0827. The number of hydrogen-bond donors (Lipinski definition) is 0. The lowest BCUT2D eigenvalue weighted by Crippen LogP contribution is -2.28. The highest BCUT2D eigenvalue weighted by Crippen LogP contribution is 2.29. The number of benzene rings is 1. The fourth-order valence-corrected chi connectivity index (χ4v) is 2.38. The Morgan fingerprint density at radius 1 is 1.05 bits per heavy atom. The summed E-state index contributed by atoms with van der Waals surface area (Å²) in [6.45, 7) is 0.402. The van der Waals surface area contributed by atoms with Crippen LogP contribution in [0, 0.1) is 0 Å². The van der Waals surface area contributed by atoms with Crippen molar-refractivity contribution >= 4 is 12.4 Å². The normalized spacial score (nSPS) is 22.0. The summed E-state index contributed by atoms with van der Waals surface area (Å²) in [4.78, 5) is 22.1. The highest BCUT2D eigenvalue weighted by Gasteiger charge is 2.30. The van der Waals surface area contributed by atoms with E-state index in [1.165, 1.54) is 0 Å². The number of halogens is 3. The quantitative estimate of drug-likeness (QED) is 0.631. The predicted molar refractivity (Wildman–Crippen MR) is 70.1 cm³/mol. The molecule has 0 aliphatic heterocycles. The molecule has 0 spiro atoms. The molecule has 4 nitrogen and oxygen atoms in total. The molecule has 0 amide bonds. The van der Waals surface area contributed by atoms with Gasteiger partial charge in [-0.3, -0.25) is 4.79 Å². The Hall–Kier alpha value is -2.05. The minimum Gasteiger partial charge on any atom is -0.465 e. The van der Waals surface area contributed by atoms with Crippen molar-refractivity contribution in [1.82, 2.24) is 0 Å². The molecule has 1 aromatic carbocycles. The highest BCUT2D eigenvalue weighted by atomic mass is 19.4. The maximum Gasteiger partial charge on any atom is 0.416 e. The van der Waals surface area contributed by atoms with Gasteiger partial charge in [-0.25, -0.2) is 4.79 Å². The Morgan fingerprint density at radius 3 is 2.09 bits per heavy atom. The number of alkyl halides is 3. The van der Waals surface area contributed by atoms with Gasteiger partial charge < -0.3 is 9.47 Å². The van der Waals surface area contributed by atoms with Gasteiger partial charge in [0, 0.05) is 0 Å². The van der Waals surface area contributed by atoms with E-state index in [1.807, 2.05) is 0 Å². The lowest BCUT2D eigenvalue weighted by Gasteiger charge is -2.27. The molecular formula is C15H15F3O4. The summed E-state index contributed by atoms with van der Waals surface area (Å²) in [5.74, 6) is -0.645. The van der Waals surface area contributed by atoms with Crippen LogP contribution in [0.2, 0.25) is 0 Å². The third-order valence-corrected chi connectivity index (χ3v) is 3.59. The summed E-state index contributed by atoms with van der Waals surface area (Å²) in [6, 6.07) is 3.91. The first-order valence-corrected chi connectivity index (χ1v) is 6.87. The zero-order chi connectivity index (χ0) is 16.2. The zero-order valence-corrected chi connectivity index (χ0v) is 11.6. The molecule has 120 valence electrons. The third-order valence-electron chi connectivity index (χ3n) is 3.59. The number of carbonyl (C=O) groups excluding carboxylic acids is 2. The third kappa shape index (κ3) is 4.22. The van der Waals surface area contributed by atoms with Gasteiger partial charge in [-0.2, -0.15) is 13.2 Å². The van der Waals surface area contributed by atoms with E-state index >= 15 is 0 Å². The number of rotatable bonds is 4. The number of carbonyl (C=O) groups is 2. The second-order valence-electron chi connectivity index (χ2n) is 5.11. The van der Waals surface area contributed by atoms with Gasteiger partial charge in [-0.05, 0) is 49.9 Å². The molecule has 0 N–H and O–H groups in total. The minimum atomic E-state index is -4.43. The van der Waals surface area contributed by atoms with Crippen molar-refractivity contribution in [2.24, 2.45) is 0 Å². The second-order valence-corrected chi connectivity index (χ2v) is 5.11. The Balaban J connectivity index is 1.89. The van der Waals surface area contributed by atoms with Crippen molar-refractivity contribution in [3.8, 4) is 0 Å². The first kappa shape index (κ1) is 16.3. The summed E-state index contributed by atoms with van der Waals surface area (Å²) in [5, 5.41) is 0. The topological polar surface area (TPSA) is 52.6 Å². The standard InChI is InChI=1S/C15H15F3O4/c16-15(17,18)11-3-1-10(2-4-11)14(20)22-13-7-5-12(6-8-13)21-9-19/h1-4,9,12-13H,5-8H2. The zero-order valence-electron chi connectivity index (χ0n) is 11.6. The molecular weight excluding hydrogens is 301 g/mol. The summed E-state index contributed by atoms with van der Waals surface area (Å²) in [5.41, 5.74) is -0.727. The molecule has 1 aliphatic rings. The monoisotopic (exact) mass is 316 g/mol. The molecule has 0 heterocycles. The van der Waals surface area contributed by atoms with E-state index in [0.717, 1.165) is 24.3 Å². The molecule has 7 heteroatoms. The predicted octanol–water partition coefficient (Wildman–Crippen LogP) is 3.35. The Bertz CT molecular complexity index is 517. The van der Waals surface area contributed by atoms with Crippen LogP contribution < -0.4 is 0 Å². The molecule has 0 bridgehead atoms. The maximum atomic E-state index is 12.4. The van der Waals surface area contributed by atoms with E-state index in [4.69, 9.17) is 9.47 Å². The largest absolute Gasteiger partial charge is 0.465 e. The van der Waals surface area contributed by atoms with Gasteiger partial charge in [-0.1, -0.05) is 0 Å². The van der Waals surface area contributed by atoms with Crippen molar-refractivity contribution in [1.29, 1.82) is 0 Å². The summed E-state index contributed by atoms with van der Waals surface area (Å²) >= 11 is 0. The van der Waals surface area contributed by atoms with Crippen molar-refractivity contribution < 1.29 is 32.2 Å². The molecule has 0 aromatic heterocycles. The van der Waals surface area contributed by atoms with Gasteiger partial charge in [0.25, 0.3) is 6.47 Å². The molecule has 1 aliphatic carbocycles. The van der Waals surface area contributed by atoms with E-state index in [-0.39, 0.29) is 17.8 Å². The summed E-state index contributed by atoms with van der Waals surface area (Å²) in [6.07, 6.45) is -2.57. The average molecular weight is 316 g/mol. The molecule has 1 saturated carbocycles. The molecule has 0 unspecified atom stereocenters. The molecule has 0 saturated heterocycles. The van der Waals surface area contributed by atoms with E-state index in [9.17, 15) is 22.8 Å². The first-order chi connectivity index (χ1) is 10.4. The van der Waals surface area contributed by atoms with Crippen LogP contribution in [0.3, 0.4) is 0 Å². The first-order valence-electron chi connectivity index (χ1n) is 6.87. The lowest BCUT2D eigenvalue weighted by atomic mass is 9.95. The fraction of sp³-hybridized carbons (Fsp3) is 0.467. The van der Waals surface area contributed by atoms with E-state index in [1.54, 1.807) is 0 Å². The second kappa shape index (κ2) is 6.81. The number of ether oxygens (including phenoxy) is 2. The van der Waals surface area contributed by atoms with Crippen LogP contribution in [-0.2, 0) is 20.4 Å². The van der Waals surface area contributed by atoms with Crippen LogP contribution in [-0.4, -0.2) is 24.6 Å². The van der Waals surface area contributed by atoms with Crippen molar-refractivity contribution in [3.05, 3.63) is 35.4 Å².